The van der Waals surface area contributed by atoms with Gasteiger partial charge >= 0.3 is 0 Å². The number of nitrogens with one attached hydrogen (secondary N) is 1. The normalized spacial score (nSPS) is 17.2. The van der Waals surface area contributed by atoms with Crippen molar-refractivity contribution >= 4 is 12.0 Å². The molecule has 0 aromatic heterocycles. The molecule has 1 saturated carbocycles. The number of rotatable bonds is 3. The van der Waals surface area contributed by atoms with Crippen LogP contribution in [-0.4, -0.2) is 11.4 Å². The van der Waals surface area contributed by atoms with Gasteiger partial charge in [0.15, 0.2) is 0 Å². The van der Waals surface area contributed by atoms with E-state index in [1.807, 2.05) is 0 Å². The van der Waals surface area contributed by atoms with Crippen LogP contribution in [0.25, 0.3) is 6.08 Å². The molecule has 1 fully saturated rings. The molecular formula is C15H15FN2O. The maximum Gasteiger partial charge on any atom is 0.248 e. The summed E-state index contributed by atoms with van der Waals surface area (Å²) in [4.78, 5) is 12.0. The summed E-state index contributed by atoms with van der Waals surface area (Å²) in [5.41, 5.74) is 0.580. The summed E-state index contributed by atoms with van der Waals surface area (Å²) in [6.07, 6.45) is 4.06. The maximum absolute atomic E-state index is 12.8. The van der Waals surface area contributed by atoms with Crippen molar-refractivity contribution in [1.82, 2.24) is 5.32 Å². The van der Waals surface area contributed by atoms with Crippen LogP contribution in [0.5, 0.6) is 0 Å². The van der Waals surface area contributed by atoms with Crippen molar-refractivity contribution < 1.29 is 9.18 Å². The van der Waals surface area contributed by atoms with E-state index in [9.17, 15) is 9.18 Å². The van der Waals surface area contributed by atoms with Gasteiger partial charge in [-0.15, -0.1) is 0 Å². The van der Waals surface area contributed by atoms with Crippen LogP contribution in [0.3, 0.4) is 0 Å². The third-order valence-electron chi connectivity index (χ3n) is 3.39. The molecule has 0 aliphatic heterocycles. The van der Waals surface area contributed by atoms with E-state index in [0.29, 0.717) is 18.4 Å². The number of carbonyl (C=O) groups excluding carboxylic acids is 1. The Morgan fingerprint density at radius 2 is 2.05 bits per heavy atom. The molecule has 19 heavy (non-hydrogen) atoms. The number of hydrogen-bond acceptors (Lipinski definition) is 2. The summed E-state index contributed by atoms with van der Waals surface area (Å²) in [6.45, 7) is 1.68. The van der Waals surface area contributed by atoms with Crippen molar-refractivity contribution in [2.45, 2.75) is 31.7 Å². The highest BCUT2D eigenvalue weighted by molar-refractivity contribution is 5.97. The van der Waals surface area contributed by atoms with Gasteiger partial charge in [-0.1, -0.05) is 12.1 Å². The molecule has 0 heterocycles. The van der Waals surface area contributed by atoms with Crippen molar-refractivity contribution in [3.05, 3.63) is 41.2 Å². The second-order valence-electron chi connectivity index (χ2n) is 4.88. The number of nitrogens with zero attached hydrogens (tertiary/aromatic N) is 1. The largest absolute Gasteiger partial charge is 0.334 e. The zero-order valence-electron chi connectivity index (χ0n) is 10.7. The third-order valence-corrected chi connectivity index (χ3v) is 3.39. The molecule has 4 heteroatoms. The topological polar surface area (TPSA) is 52.9 Å². The van der Waals surface area contributed by atoms with Gasteiger partial charge in [0.1, 0.15) is 11.4 Å². The van der Waals surface area contributed by atoms with Crippen molar-refractivity contribution in [1.29, 1.82) is 5.26 Å². The van der Waals surface area contributed by atoms with E-state index in [4.69, 9.17) is 5.26 Å². The van der Waals surface area contributed by atoms with Gasteiger partial charge < -0.3 is 5.32 Å². The van der Waals surface area contributed by atoms with Crippen LogP contribution in [0.15, 0.2) is 29.8 Å². The predicted octanol–water partition coefficient (Wildman–Crippen LogP) is 2.79. The highest BCUT2D eigenvalue weighted by Gasteiger charge is 2.38. The summed E-state index contributed by atoms with van der Waals surface area (Å²) in [6, 6.07) is 8.07. The molecule has 3 nitrogen and oxygen atoms in total. The Kier molecular flexibility index (Phi) is 3.66. The van der Waals surface area contributed by atoms with Gasteiger partial charge in [0.2, 0.25) is 5.91 Å². The van der Waals surface area contributed by atoms with E-state index >= 15 is 0 Å². The quantitative estimate of drug-likeness (QED) is 0.847. The Labute approximate surface area is 111 Å². The Bertz CT molecular complexity index is 551. The third kappa shape index (κ3) is 3.00. The molecule has 1 amide bonds. The first-order chi connectivity index (χ1) is 9.04. The molecule has 1 aliphatic rings. The van der Waals surface area contributed by atoms with Gasteiger partial charge in [-0.05, 0) is 50.0 Å². The monoisotopic (exact) mass is 258 g/mol. The predicted molar refractivity (Wildman–Crippen MR) is 70.4 cm³/mol. The fraction of sp³-hybridized carbons (Fsp3) is 0.333. The lowest BCUT2D eigenvalue weighted by Gasteiger charge is -2.35. The smallest absolute Gasteiger partial charge is 0.248 e. The van der Waals surface area contributed by atoms with E-state index in [1.165, 1.54) is 12.1 Å². The Balaban J connectivity index is 2.07. The van der Waals surface area contributed by atoms with Crippen molar-refractivity contribution in [2.24, 2.45) is 0 Å². The van der Waals surface area contributed by atoms with Crippen molar-refractivity contribution in [3.8, 4) is 6.07 Å². The fourth-order valence-corrected chi connectivity index (χ4v) is 1.99. The summed E-state index contributed by atoms with van der Waals surface area (Å²) >= 11 is 0. The highest BCUT2D eigenvalue weighted by Crippen LogP contribution is 2.31. The molecule has 0 bridgehead atoms. The molecule has 0 saturated heterocycles. The summed E-state index contributed by atoms with van der Waals surface area (Å²) in [7, 11) is 0. The molecule has 1 aromatic carbocycles. The van der Waals surface area contributed by atoms with E-state index in [-0.39, 0.29) is 11.7 Å². The van der Waals surface area contributed by atoms with Gasteiger partial charge in [-0.2, -0.15) is 5.26 Å². The minimum atomic E-state index is -0.686. The van der Waals surface area contributed by atoms with Crippen molar-refractivity contribution in [3.63, 3.8) is 0 Å². The number of halogens is 1. The van der Waals surface area contributed by atoms with Crippen LogP contribution in [0.2, 0.25) is 0 Å². The second kappa shape index (κ2) is 5.23. The number of benzene rings is 1. The average molecular weight is 258 g/mol. The van der Waals surface area contributed by atoms with Crippen LogP contribution >= 0.6 is 0 Å². The number of nitriles is 1. The Hall–Kier alpha value is -2.15. The Morgan fingerprint density at radius 3 is 2.53 bits per heavy atom. The zero-order valence-corrected chi connectivity index (χ0v) is 10.7. The molecule has 0 unspecified atom stereocenters. The van der Waals surface area contributed by atoms with E-state index in [2.05, 4.69) is 11.4 Å². The van der Waals surface area contributed by atoms with Gasteiger partial charge in [0.05, 0.1) is 6.07 Å². The standard InChI is InChI=1S/C15H15FN2O/c1-11(9-12-3-5-13(16)6-4-12)14(19)18-15(10-17)7-2-8-15/h3-6,9H,2,7-8H2,1H3,(H,18,19). The number of amides is 1. The van der Waals surface area contributed by atoms with Gasteiger partial charge in [0.25, 0.3) is 0 Å². The lowest BCUT2D eigenvalue weighted by atomic mass is 9.78. The van der Waals surface area contributed by atoms with E-state index < -0.39 is 5.54 Å². The first-order valence-electron chi connectivity index (χ1n) is 6.22. The molecule has 0 atom stereocenters. The lowest BCUT2D eigenvalue weighted by molar-refractivity contribution is -0.119. The second-order valence-corrected chi connectivity index (χ2v) is 4.88. The van der Waals surface area contributed by atoms with Crippen LogP contribution in [0.4, 0.5) is 4.39 Å². The summed E-state index contributed by atoms with van der Waals surface area (Å²) in [5, 5.41) is 11.8. The lowest BCUT2D eigenvalue weighted by Crippen LogP contribution is -2.52. The van der Waals surface area contributed by atoms with E-state index in [0.717, 1.165) is 12.0 Å². The molecule has 1 aliphatic carbocycles. The van der Waals surface area contributed by atoms with Crippen molar-refractivity contribution in [2.75, 3.05) is 0 Å². The van der Waals surface area contributed by atoms with Crippen LogP contribution in [0.1, 0.15) is 31.7 Å². The molecule has 0 radical (unpaired) electrons. The van der Waals surface area contributed by atoms with Gasteiger partial charge in [-0.3, -0.25) is 4.79 Å². The molecule has 98 valence electrons. The van der Waals surface area contributed by atoms with E-state index in [1.54, 1.807) is 25.1 Å². The summed E-state index contributed by atoms with van der Waals surface area (Å²) < 4.78 is 12.8. The maximum atomic E-state index is 12.8. The number of hydrogen-bond donors (Lipinski definition) is 1. The molecular weight excluding hydrogens is 243 g/mol. The van der Waals surface area contributed by atoms with Crippen LogP contribution in [0, 0.1) is 17.1 Å². The van der Waals surface area contributed by atoms with Crippen LogP contribution in [-0.2, 0) is 4.79 Å². The highest BCUT2D eigenvalue weighted by atomic mass is 19.1. The van der Waals surface area contributed by atoms with Gasteiger partial charge in [0, 0.05) is 5.57 Å². The molecule has 1 aromatic rings. The zero-order chi connectivity index (χ0) is 13.9. The molecule has 2 rings (SSSR count). The van der Waals surface area contributed by atoms with Gasteiger partial charge in [-0.25, -0.2) is 4.39 Å². The Morgan fingerprint density at radius 1 is 1.42 bits per heavy atom. The molecule has 1 N–H and O–H groups in total. The minimum absolute atomic E-state index is 0.245. The molecule has 0 spiro atoms. The number of carbonyl (C=O) groups is 1. The fourth-order valence-electron chi connectivity index (χ4n) is 1.99. The van der Waals surface area contributed by atoms with Crippen LogP contribution < -0.4 is 5.32 Å². The first kappa shape index (κ1) is 13.3. The SMILES string of the molecule is CC(=Cc1ccc(F)cc1)C(=O)NC1(C#N)CCC1. The summed E-state index contributed by atoms with van der Waals surface area (Å²) in [5.74, 6) is -0.553. The first-order valence-corrected chi connectivity index (χ1v) is 6.22. The average Bonchev–Trinajstić information content (AvgIpc) is 2.36. The minimum Gasteiger partial charge on any atom is -0.334 e.